The van der Waals surface area contributed by atoms with Crippen molar-refractivity contribution in [1.29, 1.82) is 0 Å². The van der Waals surface area contributed by atoms with E-state index in [-0.39, 0.29) is 17.6 Å². The van der Waals surface area contributed by atoms with Crippen LogP contribution in [0.2, 0.25) is 0 Å². The molecule has 19 heavy (non-hydrogen) atoms. The van der Waals surface area contributed by atoms with Crippen molar-refractivity contribution >= 4 is 5.91 Å². The monoisotopic (exact) mass is 270 g/mol. The van der Waals surface area contributed by atoms with Gasteiger partial charge < -0.3 is 14.4 Å². The summed E-state index contributed by atoms with van der Waals surface area (Å²) in [5.41, 5.74) is -0.474. The van der Waals surface area contributed by atoms with Crippen LogP contribution in [0.15, 0.2) is 0 Å². The van der Waals surface area contributed by atoms with Gasteiger partial charge in [-0.3, -0.25) is 9.69 Å². The van der Waals surface area contributed by atoms with Crippen LogP contribution in [0.5, 0.6) is 0 Å². The van der Waals surface area contributed by atoms with Crippen LogP contribution < -0.4 is 0 Å². The van der Waals surface area contributed by atoms with Crippen LogP contribution >= 0.6 is 0 Å². The second kappa shape index (κ2) is 5.04. The second-order valence-electron chi connectivity index (χ2n) is 6.69. The topological polar surface area (TPSA) is 45.3 Å². The first-order valence-electron chi connectivity index (χ1n) is 6.98. The smallest absolute Gasteiger partial charge is 0.242 e. The number of ether oxygens (including phenoxy) is 2. The molecule has 0 aliphatic carbocycles. The van der Waals surface area contributed by atoms with Crippen LogP contribution in [-0.2, 0) is 14.3 Å². The molecule has 0 bridgehead atoms. The standard InChI is InChI=1S/C14H26N2O3/c1-13(2)10-16(6-7-18-8-11-9-19-11)12(17)14(3,4)15(13)5/h11H,6-10H2,1-5H3. The molecule has 5 nitrogen and oxygen atoms in total. The van der Waals surface area contributed by atoms with E-state index in [1.807, 2.05) is 25.8 Å². The number of piperazine rings is 1. The average Bonchev–Trinajstić information content (AvgIpc) is 3.13. The molecule has 1 atom stereocenters. The summed E-state index contributed by atoms with van der Waals surface area (Å²) in [6, 6.07) is 0. The zero-order valence-electron chi connectivity index (χ0n) is 12.7. The van der Waals surface area contributed by atoms with E-state index in [2.05, 4.69) is 18.7 Å². The van der Waals surface area contributed by atoms with Crippen molar-refractivity contribution in [2.75, 3.05) is 40.0 Å². The van der Waals surface area contributed by atoms with Crippen molar-refractivity contribution < 1.29 is 14.3 Å². The minimum Gasteiger partial charge on any atom is -0.377 e. The largest absolute Gasteiger partial charge is 0.377 e. The van der Waals surface area contributed by atoms with Crippen LogP contribution in [0.4, 0.5) is 0 Å². The number of amides is 1. The van der Waals surface area contributed by atoms with Crippen molar-refractivity contribution in [1.82, 2.24) is 9.80 Å². The van der Waals surface area contributed by atoms with Crippen LogP contribution in [-0.4, -0.2) is 72.8 Å². The predicted molar refractivity (Wildman–Crippen MR) is 73.1 cm³/mol. The summed E-state index contributed by atoms with van der Waals surface area (Å²) in [6.45, 7) is 11.8. The highest BCUT2D eigenvalue weighted by molar-refractivity contribution is 5.86. The number of likely N-dealkylation sites (N-methyl/N-ethyl adjacent to an activating group) is 1. The molecular weight excluding hydrogens is 244 g/mol. The second-order valence-corrected chi connectivity index (χ2v) is 6.69. The molecule has 0 aromatic carbocycles. The number of epoxide rings is 1. The van der Waals surface area contributed by atoms with Crippen LogP contribution in [0.25, 0.3) is 0 Å². The van der Waals surface area contributed by atoms with Crippen LogP contribution in [0, 0.1) is 0 Å². The third kappa shape index (κ3) is 3.09. The van der Waals surface area contributed by atoms with Gasteiger partial charge in [-0.05, 0) is 34.7 Å². The highest BCUT2D eigenvalue weighted by Gasteiger charge is 2.48. The van der Waals surface area contributed by atoms with Gasteiger partial charge in [0.05, 0.1) is 25.4 Å². The predicted octanol–water partition coefficient (Wildman–Crippen LogP) is 0.733. The summed E-state index contributed by atoms with van der Waals surface area (Å²) in [6.07, 6.45) is 0.288. The fourth-order valence-corrected chi connectivity index (χ4v) is 2.67. The molecule has 0 radical (unpaired) electrons. The number of carbonyl (C=O) groups is 1. The van der Waals surface area contributed by atoms with Gasteiger partial charge in [-0.25, -0.2) is 0 Å². The molecule has 0 N–H and O–H groups in total. The van der Waals surface area contributed by atoms with E-state index in [1.54, 1.807) is 0 Å². The Morgan fingerprint density at radius 2 is 2.00 bits per heavy atom. The maximum absolute atomic E-state index is 12.5. The maximum atomic E-state index is 12.5. The minimum atomic E-state index is -0.457. The number of rotatable bonds is 5. The molecule has 110 valence electrons. The molecule has 1 amide bonds. The van der Waals surface area contributed by atoms with E-state index in [1.165, 1.54) is 0 Å². The van der Waals surface area contributed by atoms with E-state index in [0.717, 1.165) is 13.2 Å². The van der Waals surface area contributed by atoms with E-state index < -0.39 is 5.54 Å². The highest BCUT2D eigenvalue weighted by Crippen LogP contribution is 2.31. The molecule has 2 fully saturated rings. The molecule has 5 heteroatoms. The first kappa shape index (κ1) is 14.8. The molecule has 2 aliphatic heterocycles. The lowest BCUT2D eigenvalue weighted by atomic mass is 9.88. The van der Waals surface area contributed by atoms with Crippen molar-refractivity contribution in [3.8, 4) is 0 Å². The minimum absolute atomic E-state index is 0.0169. The van der Waals surface area contributed by atoms with Gasteiger partial charge in [0.25, 0.3) is 0 Å². The van der Waals surface area contributed by atoms with Gasteiger partial charge in [0.1, 0.15) is 6.10 Å². The van der Waals surface area contributed by atoms with Gasteiger partial charge in [-0.2, -0.15) is 0 Å². The fourth-order valence-electron chi connectivity index (χ4n) is 2.67. The van der Waals surface area contributed by atoms with Crippen molar-refractivity contribution in [2.45, 2.75) is 44.9 Å². The van der Waals surface area contributed by atoms with Gasteiger partial charge in [0.15, 0.2) is 0 Å². The lowest BCUT2D eigenvalue weighted by molar-refractivity contribution is -0.158. The molecule has 0 aromatic heterocycles. The number of hydrogen-bond donors (Lipinski definition) is 0. The average molecular weight is 270 g/mol. The quantitative estimate of drug-likeness (QED) is 0.546. The number of carbonyl (C=O) groups excluding carboxylic acids is 1. The molecule has 2 saturated heterocycles. The maximum Gasteiger partial charge on any atom is 0.242 e. The lowest BCUT2D eigenvalue weighted by Gasteiger charge is -2.53. The van der Waals surface area contributed by atoms with Gasteiger partial charge in [0.2, 0.25) is 5.91 Å². The highest BCUT2D eigenvalue weighted by atomic mass is 16.6. The summed E-state index contributed by atoms with van der Waals surface area (Å²) < 4.78 is 10.6. The first-order chi connectivity index (χ1) is 8.75. The molecule has 2 rings (SSSR count). The Bertz CT molecular complexity index is 351. The first-order valence-corrected chi connectivity index (χ1v) is 6.98. The van der Waals surface area contributed by atoms with Crippen LogP contribution in [0.1, 0.15) is 27.7 Å². The third-order valence-electron chi connectivity index (χ3n) is 4.35. The van der Waals surface area contributed by atoms with Gasteiger partial charge in [-0.15, -0.1) is 0 Å². The summed E-state index contributed by atoms with van der Waals surface area (Å²) in [5.74, 6) is 0.181. The van der Waals surface area contributed by atoms with Crippen molar-refractivity contribution in [3.05, 3.63) is 0 Å². The number of nitrogens with zero attached hydrogens (tertiary/aromatic N) is 2. The van der Waals surface area contributed by atoms with Gasteiger partial charge >= 0.3 is 0 Å². The molecular formula is C14H26N2O3. The number of hydrogen-bond acceptors (Lipinski definition) is 4. The van der Waals surface area contributed by atoms with E-state index in [4.69, 9.17) is 9.47 Å². The molecule has 1 unspecified atom stereocenters. The molecule has 0 spiro atoms. The van der Waals surface area contributed by atoms with E-state index >= 15 is 0 Å². The summed E-state index contributed by atoms with van der Waals surface area (Å²) in [7, 11) is 2.02. The molecule has 2 heterocycles. The Kier molecular flexibility index (Phi) is 3.91. The summed E-state index contributed by atoms with van der Waals surface area (Å²) in [5, 5.41) is 0. The van der Waals surface area contributed by atoms with Gasteiger partial charge in [0, 0.05) is 18.6 Å². The molecule has 0 aromatic rings. The SMILES string of the molecule is CN1C(C)(C)CN(CCOCC2CO2)C(=O)C1(C)C. The van der Waals surface area contributed by atoms with Crippen molar-refractivity contribution in [3.63, 3.8) is 0 Å². The molecule has 2 aliphatic rings. The summed E-state index contributed by atoms with van der Waals surface area (Å²) >= 11 is 0. The van der Waals surface area contributed by atoms with Gasteiger partial charge in [-0.1, -0.05) is 0 Å². The lowest BCUT2D eigenvalue weighted by Crippen LogP contribution is -2.70. The Balaban J connectivity index is 1.89. The third-order valence-corrected chi connectivity index (χ3v) is 4.35. The fraction of sp³-hybridized carbons (Fsp3) is 0.929. The van der Waals surface area contributed by atoms with Crippen LogP contribution in [0.3, 0.4) is 0 Å². The zero-order valence-corrected chi connectivity index (χ0v) is 12.7. The normalized spacial score (nSPS) is 29.6. The Morgan fingerprint density at radius 3 is 2.58 bits per heavy atom. The Hall–Kier alpha value is -0.650. The van der Waals surface area contributed by atoms with Crippen molar-refractivity contribution in [2.24, 2.45) is 0 Å². The Labute approximate surface area is 115 Å². The van der Waals surface area contributed by atoms with E-state index in [0.29, 0.717) is 19.8 Å². The molecule has 0 saturated carbocycles. The zero-order chi connectivity index (χ0) is 14.3. The Morgan fingerprint density at radius 1 is 1.37 bits per heavy atom. The van der Waals surface area contributed by atoms with E-state index in [9.17, 15) is 4.79 Å². The summed E-state index contributed by atoms with van der Waals surface area (Å²) in [4.78, 5) is 16.6.